The summed E-state index contributed by atoms with van der Waals surface area (Å²) in [4.78, 5) is 0. The third-order valence-electron chi connectivity index (χ3n) is 3.53. The summed E-state index contributed by atoms with van der Waals surface area (Å²) in [5, 5.41) is 0. The summed E-state index contributed by atoms with van der Waals surface area (Å²) in [6, 6.07) is 10.8. The molecule has 1 saturated carbocycles. The average molecular weight is 250 g/mol. The van der Waals surface area contributed by atoms with Crippen LogP contribution in [-0.4, -0.2) is 33.0 Å². The van der Waals surface area contributed by atoms with Crippen LogP contribution in [0.1, 0.15) is 17.9 Å². The molecule has 3 N–H and O–H groups in total. The van der Waals surface area contributed by atoms with Gasteiger partial charge in [0.1, 0.15) is 0 Å². The minimum absolute atomic E-state index is 0.229. The molecule has 0 amide bonds. The van der Waals surface area contributed by atoms with E-state index in [1.165, 1.54) is 12.0 Å². The van der Waals surface area contributed by atoms with E-state index in [4.69, 9.17) is 15.3 Å². The highest BCUT2D eigenvalue weighted by Gasteiger charge is 2.43. The van der Waals surface area contributed by atoms with E-state index in [0.717, 1.165) is 0 Å². The van der Waals surface area contributed by atoms with Crippen molar-refractivity contribution < 1.29 is 9.47 Å². The number of methoxy groups -OCH3 is 1. The Labute approximate surface area is 108 Å². The van der Waals surface area contributed by atoms with Crippen molar-refractivity contribution in [2.24, 2.45) is 11.8 Å². The first kappa shape index (κ1) is 13.5. The molecule has 1 fully saturated rings. The zero-order chi connectivity index (χ0) is 12.8. The molecule has 0 spiro atoms. The SMILES string of the molecule is COCCOCC(NN)C1CC1c1ccccc1. The Kier molecular flexibility index (Phi) is 5.13. The second-order valence-electron chi connectivity index (χ2n) is 4.76. The Hall–Kier alpha value is -0.940. The first-order valence-corrected chi connectivity index (χ1v) is 6.44. The third-order valence-corrected chi connectivity index (χ3v) is 3.53. The van der Waals surface area contributed by atoms with E-state index in [0.29, 0.717) is 31.7 Å². The molecule has 4 heteroatoms. The second-order valence-corrected chi connectivity index (χ2v) is 4.76. The molecule has 4 nitrogen and oxygen atoms in total. The van der Waals surface area contributed by atoms with Gasteiger partial charge in [0.05, 0.1) is 19.8 Å². The van der Waals surface area contributed by atoms with Crippen LogP contribution in [0, 0.1) is 5.92 Å². The van der Waals surface area contributed by atoms with Gasteiger partial charge in [-0.05, 0) is 23.8 Å². The first-order chi connectivity index (χ1) is 8.86. The van der Waals surface area contributed by atoms with Gasteiger partial charge in [-0.25, -0.2) is 0 Å². The molecule has 0 bridgehead atoms. The number of nitrogens with one attached hydrogen (secondary N) is 1. The van der Waals surface area contributed by atoms with Gasteiger partial charge in [-0.1, -0.05) is 30.3 Å². The lowest BCUT2D eigenvalue weighted by molar-refractivity contribution is 0.0552. The molecule has 0 radical (unpaired) electrons. The van der Waals surface area contributed by atoms with Crippen molar-refractivity contribution in [1.82, 2.24) is 5.43 Å². The quantitative estimate of drug-likeness (QED) is 0.414. The highest BCUT2D eigenvalue weighted by Crippen LogP contribution is 2.49. The molecular formula is C14H22N2O2. The third kappa shape index (κ3) is 3.53. The first-order valence-electron chi connectivity index (χ1n) is 6.44. The lowest BCUT2D eigenvalue weighted by Gasteiger charge is -2.16. The number of hydrazine groups is 1. The highest BCUT2D eigenvalue weighted by molar-refractivity contribution is 5.26. The normalized spacial score (nSPS) is 23.9. The summed E-state index contributed by atoms with van der Waals surface area (Å²) in [5.41, 5.74) is 4.28. The molecule has 0 aromatic heterocycles. The van der Waals surface area contributed by atoms with Crippen molar-refractivity contribution in [3.63, 3.8) is 0 Å². The topological polar surface area (TPSA) is 56.5 Å². The van der Waals surface area contributed by atoms with Crippen molar-refractivity contribution in [2.45, 2.75) is 18.4 Å². The van der Waals surface area contributed by atoms with E-state index in [-0.39, 0.29) is 6.04 Å². The predicted molar refractivity (Wildman–Crippen MR) is 71.1 cm³/mol. The maximum atomic E-state index is 5.61. The Bertz CT molecular complexity index is 345. The number of nitrogens with two attached hydrogens (primary N) is 1. The van der Waals surface area contributed by atoms with Crippen molar-refractivity contribution in [2.75, 3.05) is 26.9 Å². The second kappa shape index (κ2) is 6.85. The fourth-order valence-electron chi connectivity index (χ4n) is 2.39. The Morgan fingerprint density at radius 2 is 2.11 bits per heavy atom. The maximum Gasteiger partial charge on any atom is 0.0701 e. The molecule has 0 aliphatic heterocycles. The van der Waals surface area contributed by atoms with E-state index in [9.17, 15) is 0 Å². The largest absolute Gasteiger partial charge is 0.382 e. The van der Waals surface area contributed by atoms with Crippen LogP contribution in [-0.2, 0) is 9.47 Å². The van der Waals surface area contributed by atoms with Crippen LogP contribution >= 0.6 is 0 Å². The number of benzene rings is 1. The fourth-order valence-corrected chi connectivity index (χ4v) is 2.39. The van der Waals surface area contributed by atoms with Crippen LogP contribution < -0.4 is 11.3 Å². The van der Waals surface area contributed by atoms with E-state index >= 15 is 0 Å². The fraction of sp³-hybridized carbons (Fsp3) is 0.571. The summed E-state index contributed by atoms with van der Waals surface area (Å²) in [7, 11) is 1.67. The zero-order valence-corrected chi connectivity index (χ0v) is 10.8. The molecule has 3 atom stereocenters. The standard InChI is InChI=1S/C14H22N2O2/c1-17-7-8-18-10-14(16-15)13-9-12(13)11-5-3-2-4-6-11/h2-6,12-14,16H,7-10,15H2,1H3. The molecular weight excluding hydrogens is 228 g/mol. The monoisotopic (exact) mass is 250 g/mol. The summed E-state index contributed by atoms with van der Waals surface area (Å²) >= 11 is 0. The number of ether oxygens (including phenoxy) is 2. The van der Waals surface area contributed by atoms with Crippen LogP contribution in [0.5, 0.6) is 0 Å². The summed E-state index contributed by atoms with van der Waals surface area (Å²) in [6.45, 7) is 1.90. The van der Waals surface area contributed by atoms with Crippen LogP contribution in [0.4, 0.5) is 0 Å². The zero-order valence-electron chi connectivity index (χ0n) is 10.8. The number of rotatable bonds is 8. The maximum absolute atomic E-state index is 5.61. The van der Waals surface area contributed by atoms with Gasteiger partial charge in [0.25, 0.3) is 0 Å². The van der Waals surface area contributed by atoms with E-state index < -0.39 is 0 Å². The number of hydrogen-bond donors (Lipinski definition) is 2. The molecule has 1 aliphatic rings. The summed E-state index contributed by atoms with van der Waals surface area (Å²) < 4.78 is 10.5. The van der Waals surface area contributed by atoms with Gasteiger partial charge in [0.15, 0.2) is 0 Å². The van der Waals surface area contributed by atoms with E-state index in [1.807, 2.05) is 6.07 Å². The van der Waals surface area contributed by atoms with Crippen LogP contribution in [0.15, 0.2) is 30.3 Å². The smallest absolute Gasteiger partial charge is 0.0701 e. The summed E-state index contributed by atoms with van der Waals surface area (Å²) in [6.07, 6.45) is 1.19. The van der Waals surface area contributed by atoms with Gasteiger partial charge < -0.3 is 9.47 Å². The van der Waals surface area contributed by atoms with Gasteiger partial charge in [-0.15, -0.1) is 0 Å². The molecule has 0 saturated heterocycles. The molecule has 1 aromatic rings. The molecule has 0 heterocycles. The molecule has 100 valence electrons. The van der Waals surface area contributed by atoms with Gasteiger partial charge in [0.2, 0.25) is 0 Å². The molecule has 1 aliphatic carbocycles. The minimum Gasteiger partial charge on any atom is -0.382 e. The van der Waals surface area contributed by atoms with Crippen molar-refractivity contribution in [1.29, 1.82) is 0 Å². The van der Waals surface area contributed by atoms with Crippen LogP contribution in [0.25, 0.3) is 0 Å². The van der Waals surface area contributed by atoms with Gasteiger partial charge >= 0.3 is 0 Å². The molecule has 1 aromatic carbocycles. The van der Waals surface area contributed by atoms with Crippen molar-refractivity contribution in [3.8, 4) is 0 Å². The van der Waals surface area contributed by atoms with Crippen molar-refractivity contribution in [3.05, 3.63) is 35.9 Å². The lowest BCUT2D eigenvalue weighted by atomic mass is 10.1. The Morgan fingerprint density at radius 3 is 2.78 bits per heavy atom. The summed E-state index contributed by atoms with van der Waals surface area (Å²) in [5.74, 6) is 6.81. The Balaban J connectivity index is 1.77. The number of hydrogen-bond acceptors (Lipinski definition) is 4. The highest BCUT2D eigenvalue weighted by atomic mass is 16.5. The van der Waals surface area contributed by atoms with E-state index in [1.54, 1.807) is 7.11 Å². The van der Waals surface area contributed by atoms with Gasteiger partial charge in [-0.3, -0.25) is 11.3 Å². The minimum atomic E-state index is 0.229. The Morgan fingerprint density at radius 1 is 1.33 bits per heavy atom. The molecule has 18 heavy (non-hydrogen) atoms. The predicted octanol–water partition coefficient (Wildman–Crippen LogP) is 1.29. The van der Waals surface area contributed by atoms with E-state index in [2.05, 4.69) is 29.7 Å². The molecule has 3 unspecified atom stereocenters. The molecule has 2 rings (SSSR count). The van der Waals surface area contributed by atoms with Crippen molar-refractivity contribution >= 4 is 0 Å². The average Bonchev–Trinajstić information content (AvgIpc) is 3.20. The van der Waals surface area contributed by atoms with Crippen LogP contribution in [0.3, 0.4) is 0 Å². The van der Waals surface area contributed by atoms with Gasteiger partial charge in [-0.2, -0.15) is 0 Å². The van der Waals surface area contributed by atoms with Crippen LogP contribution in [0.2, 0.25) is 0 Å². The lowest BCUT2D eigenvalue weighted by Crippen LogP contribution is -2.41. The van der Waals surface area contributed by atoms with Gasteiger partial charge in [0, 0.05) is 13.2 Å².